The number of rotatable bonds is 2. The standard InChI is InChI=1S/C18H23F3N6O3/c19-18(20,21)15-23-13(24-25-15)3-10-4-17(5-10)8-27(9-17)16(29)26-2-1-12-11(6-26)22-14(28)7-30-12/h10-12H,1-9H2,(H,22,28)(H,23,24,25)/t11-,12+/m1/s1. The van der Waals surface area contributed by atoms with Gasteiger partial charge in [0.2, 0.25) is 5.91 Å². The van der Waals surface area contributed by atoms with Crippen LogP contribution in [0.15, 0.2) is 0 Å². The summed E-state index contributed by atoms with van der Waals surface area (Å²) in [6.07, 6.45) is -1.69. The molecule has 0 bridgehead atoms. The van der Waals surface area contributed by atoms with Crippen LogP contribution in [0.1, 0.15) is 30.9 Å². The van der Waals surface area contributed by atoms with Crippen molar-refractivity contribution in [2.24, 2.45) is 11.3 Å². The minimum absolute atomic E-state index is 0.0209. The number of H-pyrrole nitrogens is 1. The van der Waals surface area contributed by atoms with E-state index in [2.05, 4.69) is 20.5 Å². The van der Waals surface area contributed by atoms with Gasteiger partial charge in [0.25, 0.3) is 5.82 Å². The number of ether oxygens (including phenoxy) is 1. The Balaban J connectivity index is 1.08. The Morgan fingerprint density at radius 3 is 2.73 bits per heavy atom. The third-order valence-corrected chi connectivity index (χ3v) is 6.63. The average Bonchev–Trinajstić information content (AvgIpc) is 3.10. The van der Waals surface area contributed by atoms with E-state index in [1.165, 1.54) is 0 Å². The highest BCUT2D eigenvalue weighted by atomic mass is 19.4. The molecular formula is C18H23F3N6O3. The van der Waals surface area contributed by atoms with E-state index in [1.54, 1.807) is 4.90 Å². The molecule has 4 heterocycles. The minimum Gasteiger partial charge on any atom is -0.366 e. The van der Waals surface area contributed by atoms with E-state index in [1.807, 2.05) is 4.90 Å². The van der Waals surface area contributed by atoms with Crippen molar-refractivity contribution in [2.75, 3.05) is 32.8 Å². The number of aromatic nitrogens is 3. The second-order valence-electron chi connectivity index (χ2n) is 8.98. The molecule has 0 radical (unpaired) electrons. The second kappa shape index (κ2) is 6.82. The maximum atomic E-state index is 12.8. The van der Waals surface area contributed by atoms with E-state index in [0.717, 1.165) is 12.8 Å². The summed E-state index contributed by atoms with van der Waals surface area (Å²) in [5.41, 5.74) is 0.0771. The first-order valence-electron chi connectivity index (χ1n) is 10.1. The van der Waals surface area contributed by atoms with Crippen LogP contribution in [0, 0.1) is 11.3 Å². The molecule has 4 fully saturated rings. The molecular weight excluding hydrogens is 405 g/mol. The Labute approximate surface area is 170 Å². The van der Waals surface area contributed by atoms with Gasteiger partial charge in [-0.05, 0) is 25.2 Å². The summed E-state index contributed by atoms with van der Waals surface area (Å²) in [5.74, 6) is -0.769. The number of urea groups is 1. The highest BCUT2D eigenvalue weighted by Gasteiger charge is 2.54. The Bertz CT molecular complexity index is 844. The van der Waals surface area contributed by atoms with Crippen molar-refractivity contribution >= 4 is 11.9 Å². The van der Waals surface area contributed by atoms with E-state index >= 15 is 0 Å². The third kappa shape index (κ3) is 3.50. The van der Waals surface area contributed by atoms with Gasteiger partial charge < -0.3 is 19.9 Å². The Kier molecular flexibility index (Phi) is 4.46. The number of nitrogens with one attached hydrogen (secondary N) is 2. The third-order valence-electron chi connectivity index (χ3n) is 6.63. The first kappa shape index (κ1) is 19.6. The molecule has 30 heavy (non-hydrogen) atoms. The summed E-state index contributed by atoms with van der Waals surface area (Å²) < 4.78 is 43.3. The SMILES string of the molecule is O=C1CO[C@H]2CCN(C(=O)N3CC4(CC(Cc5nc(C(F)(F)F)n[nH]5)C4)C3)C[C@H]2N1. The largest absolute Gasteiger partial charge is 0.453 e. The van der Waals surface area contributed by atoms with Gasteiger partial charge in [-0.1, -0.05) is 0 Å². The maximum Gasteiger partial charge on any atom is 0.453 e. The molecule has 4 aliphatic rings. The smallest absolute Gasteiger partial charge is 0.366 e. The fraction of sp³-hybridized carbons (Fsp3) is 0.778. The zero-order valence-electron chi connectivity index (χ0n) is 16.2. The number of amides is 3. The number of likely N-dealkylation sites (tertiary alicyclic amines) is 2. The summed E-state index contributed by atoms with van der Waals surface area (Å²) in [6, 6.07) is -0.178. The lowest BCUT2D eigenvalue weighted by molar-refractivity contribution is -0.144. The second-order valence-corrected chi connectivity index (χ2v) is 8.98. The average molecular weight is 428 g/mol. The van der Waals surface area contributed by atoms with Crippen LogP contribution in [0.3, 0.4) is 0 Å². The summed E-state index contributed by atoms with van der Waals surface area (Å²) >= 11 is 0. The van der Waals surface area contributed by atoms with Crippen molar-refractivity contribution in [3.63, 3.8) is 0 Å². The van der Waals surface area contributed by atoms with Crippen molar-refractivity contribution in [1.82, 2.24) is 30.3 Å². The lowest BCUT2D eigenvalue weighted by Gasteiger charge is -2.60. The fourth-order valence-electron chi connectivity index (χ4n) is 5.33. The normalized spacial score (nSPS) is 28.6. The van der Waals surface area contributed by atoms with Crippen LogP contribution in [-0.4, -0.2) is 81.9 Å². The van der Waals surface area contributed by atoms with Crippen LogP contribution < -0.4 is 5.32 Å². The molecule has 9 nitrogen and oxygen atoms in total. The zero-order chi connectivity index (χ0) is 21.1. The van der Waals surface area contributed by atoms with Crippen LogP contribution >= 0.6 is 0 Å². The molecule has 3 aliphatic heterocycles. The molecule has 5 rings (SSSR count). The fourth-order valence-corrected chi connectivity index (χ4v) is 5.33. The van der Waals surface area contributed by atoms with Crippen molar-refractivity contribution in [3.05, 3.63) is 11.6 Å². The Hall–Kier alpha value is -2.37. The highest BCUT2D eigenvalue weighted by molar-refractivity contribution is 5.79. The number of nitrogens with zero attached hydrogens (tertiary/aromatic N) is 4. The molecule has 1 saturated carbocycles. The van der Waals surface area contributed by atoms with E-state index in [9.17, 15) is 22.8 Å². The van der Waals surface area contributed by atoms with Crippen molar-refractivity contribution in [1.29, 1.82) is 0 Å². The van der Waals surface area contributed by atoms with Gasteiger partial charge in [0.1, 0.15) is 12.4 Å². The van der Waals surface area contributed by atoms with Crippen LogP contribution in [0.25, 0.3) is 0 Å². The molecule has 3 amide bonds. The predicted octanol–water partition coefficient (Wildman–Crippen LogP) is 0.787. The van der Waals surface area contributed by atoms with Crippen LogP contribution in [-0.2, 0) is 22.1 Å². The van der Waals surface area contributed by atoms with Gasteiger partial charge in [-0.15, -0.1) is 5.10 Å². The molecule has 1 aromatic heterocycles. The topological polar surface area (TPSA) is 103 Å². The number of morpholine rings is 1. The molecule has 3 saturated heterocycles. The zero-order valence-corrected chi connectivity index (χ0v) is 16.2. The highest BCUT2D eigenvalue weighted by Crippen LogP contribution is 2.53. The number of hydrogen-bond acceptors (Lipinski definition) is 5. The van der Waals surface area contributed by atoms with Gasteiger partial charge in [0.15, 0.2) is 0 Å². The van der Waals surface area contributed by atoms with Crippen molar-refractivity contribution in [2.45, 2.75) is 44.0 Å². The van der Waals surface area contributed by atoms with Gasteiger partial charge >= 0.3 is 12.2 Å². The van der Waals surface area contributed by atoms with Gasteiger partial charge in [0.05, 0.1) is 12.1 Å². The first-order chi connectivity index (χ1) is 14.2. The van der Waals surface area contributed by atoms with E-state index in [0.29, 0.717) is 39.0 Å². The molecule has 1 aliphatic carbocycles. The van der Waals surface area contributed by atoms with Gasteiger partial charge in [-0.2, -0.15) is 13.2 Å². The van der Waals surface area contributed by atoms with Gasteiger partial charge in [-0.25, -0.2) is 9.78 Å². The van der Waals surface area contributed by atoms with Crippen LogP contribution in [0.4, 0.5) is 18.0 Å². The van der Waals surface area contributed by atoms with Crippen molar-refractivity contribution < 1.29 is 27.5 Å². The number of carbonyl (C=O) groups is 2. The van der Waals surface area contributed by atoms with E-state index < -0.39 is 12.0 Å². The van der Waals surface area contributed by atoms with Crippen LogP contribution in [0.5, 0.6) is 0 Å². The number of carbonyl (C=O) groups excluding carboxylic acids is 2. The number of halogens is 3. The van der Waals surface area contributed by atoms with Crippen molar-refractivity contribution in [3.8, 4) is 0 Å². The van der Waals surface area contributed by atoms with E-state index in [-0.39, 0.29) is 47.8 Å². The molecule has 1 spiro atoms. The molecule has 164 valence electrons. The molecule has 2 N–H and O–H groups in total. The number of alkyl halides is 3. The number of hydrogen-bond donors (Lipinski definition) is 2. The lowest BCUT2D eigenvalue weighted by Crippen LogP contribution is -2.68. The first-order valence-corrected chi connectivity index (χ1v) is 10.1. The monoisotopic (exact) mass is 428 g/mol. The number of piperidine rings is 1. The summed E-state index contributed by atoms with van der Waals surface area (Å²) in [4.78, 5) is 31.4. The molecule has 1 aromatic rings. The van der Waals surface area contributed by atoms with Crippen LogP contribution in [0.2, 0.25) is 0 Å². The Morgan fingerprint density at radius 1 is 1.27 bits per heavy atom. The van der Waals surface area contributed by atoms with E-state index in [4.69, 9.17) is 4.74 Å². The molecule has 2 atom stereocenters. The summed E-state index contributed by atoms with van der Waals surface area (Å²) in [6.45, 7) is 2.47. The summed E-state index contributed by atoms with van der Waals surface area (Å²) in [5, 5.41) is 8.51. The quantitative estimate of drug-likeness (QED) is 0.725. The molecule has 0 unspecified atom stereocenters. The predicted molar refractivity (Wildman–Crippen MR) is 95.1 cm³/mol. The molecule has 0 aromatic carbocycles. The lowest BCUT2D eigenvalue weighted by atomic mass is 9.57. The summed E-state index contributed by atoms with van der Waals surface area (Å²) in [7, 11) is 0. The minimum atomic E-state index is -4.54. The number of aromatic amines is 1. The van der Waals surface area contributed by atoms with Gasteiger partial charge in [0, 0.05) is 38.0 Å². The molecule has 12 heteroatoms. The Morgan fingerprint density at radius 2 is 2.03 bits per heavy atom. The maximum absolute atomic E-state index is 12.8. The number of fused-ring (bicyclic) bond motifs is 1. The van der Waals surface area contributed by atoms with Gasteiger partial charge in [-0.3, -0.25) is 9.89 Å².